The van der Waals surface area contributed by atoms with Gasteiger partial charge in [0.25, 0.3) is 0 Å². The lowest BCUT2D eigenvalue weighted by atomic mass is 10.4. The topological polar surface area (TPSA) is 52.7 Å². The Morgan fingerprint density at radius 3 is 2.73 bits per heavy atom. The Labute approximate surface area is 67.5 Å². The second-order valence-electron chi connectivity index (χ2n) is 2.95. The van der Waals surface area contributed by atoms with Gasteiger partial charge in [-0.2, -0.15) is 0 Å². The number of aliphatic hydroxyl groups excluding tert-OH is 1. The Balaban J connectivity index is 2.22. The van der Waals surface area contributed by atoms with Crippen LogP contribution in [0.4, 0.5) is 0 Å². The van der Waals surface area contributed by atoms with Crippen LogP contribution in [0.1, 0.15) is 6.42 Å². The first kappa shape index (κ1) is 8.93. The van der Waals surface area contributed by atoms with Gasteiger partial charge in [-0.3, -0.25) is 10.7 Å². The smallest absolute Gasteiger partial charge is 0.0558 e. The minimum Gasteiger partial charge on any atom is -0.395 e. The van der Waals surface area contributed by atoms with E-state index in [0.29, 0.717) is 0 Å². The summed E-state index contributed by atoms with van der Waals surface area (Å²) in [6.45, 7) is 4.98. The van der Waals surface area contributed by atoms with Crippen molar-refractivity contribution in [2.75, 3.05) is 39.3 Å². The normalized spacial score (nSPS) is 23.5. The fraction of sp³-hybridized carbons (Fsp3) is 1.00. The van der Waals surface area contributed by atoms with Gasteiger partial charge in [0.2, 0.25) is 0 Å². The number of hydrazine groups is 1. The molecule has 0 aromatic carbocycles. The van der Waals surface area contributed by atoms with Gasteiger partial charge in [-0.05, 0) is 13.0 Å². The molecule has 0 atom stereocenters. The Morgan fingerprint density at radius 2 is 2.00 bits per heavy atom. The van der Waals surface area contributed by atoms with Crippen molar-refractivity contribution in [3.05, 3.63) is 0 Å². The molecule has 0 spiro atoms. The summed E-state index contributed by atoms with van der Waals surface area (Å²) < 4.78 is 0. The summed E-state index contributed by atoms with van der Waals surface area (Å²) in [4.78, 5) is 2.24. The third-order valence-corrected chi connectivity index (χ3v) is 2.04. The second-order valence-corrected chi connectivity index (χ2v) is 2.95. The average Bonchev–Trinajstić information content (AvgIpc) is 2.17. The largest absolute Gasteiger partial charge is 0.395 e. The van der Waals surface area contributed by atoms with E-state index in [1.54, 1.807) is 0 Å². The molecule has 1 heterocycles. The molecular formula is C7H17N3O. The molecule has 66 valence electrons. The first-order chi connectivity index (χ1) is 5.33. The van der Waals surface area contributed by atoms with Gasteiger partial charge in [-0.25, -0.2) is 5.01 Å². The lowest BCUT2D eigenvalue weighted by Gasteiger charge is -2.17. The number of β-amino-alcohol motifs (C(OH)–C–C–N with tert-alkyl or cyclic N) is 1. The van der Waals surface area contributed by atoms with Gasteiger partial charge in [0, 0.05) is 26.2 Å². The highest BCUT2D eigenvalue weighted by atomic mass is 16.3. The molecule has 11 heavy (non-hydrogen) atoms. The third-order valence-electron chi connectivity index (χ3n) is 2.04. The molecule has 0 bridgehead atoms. The number of nitrogens with zero attached hydrogens (tertiary/aromatic N) is 2. The molecule has 0 aliphatic carbocycles. The standard InChI is InChI=1S/C7H17N3O/c8-10-3-1-2-9(4-5-10)6-7-11/h11H,1-8H2. The maximum absolute atomic E-state index is 8.69. The van der Waals surface area contributed by atoms with E-state index in [1.165, 1.54) is 0 Å². The van der Waals surface area contributed by atoms with E-state index in [1.807, 2.05) is 5.01 Å². The summed E-state index contributed by atoms with van der Waals surface area (Å²) >= 11 is 0. The van der Waals surface area contributed by atoms with Crippen LogP contribution in [0.3, 0.4) is 0 Å². The molecule has 0 amide bonds. The molecule has 1 saturated heterocycles. The zero-order chi connectivity index (χ0) is 8.10. The zero-order valence-electron chi connectivity index (χ0n) is 6.87. The van der Waals surface area contributed by atoms with E-state index < -0.39 is 0 Å². The zero-order valence-corrected chi connectivity index (χ0v) is 6.87. The number of nitrogens with two attached hydrogens (primary N) is 1. The van der Waals surface area contributed by atoms with E-state index in [9.17, 15) is 0 Å². The van der Waals surface area contributed by atoms with Crippen LogP contribution >= 0.6 is 0 Å². The minimum atomic E-state index is 0.255. The predicted octanol–water partition coefficient (Wildman–Crippen LogP) is -1.14. The molecule has 0 aromatic rings. The summed E-state index contributed by atoms with van der Waals surface area (Å²) in [5.41, 5.74) is 0. The summed E-state index contributed by atoms with van der Waals surface area (Å²) in [6, 6.07) is 0. The highest BCUT2D eigenvalue weighted by molar-refractivity contribution is 4.65. The molecular weight excluding hydrogens is 142 g/mol. The number of rotatable bonds is 2. The van der Waals surface area contributed by atoms with Crippen LogP contribution in [-0.4, -0.2) is 54.3 Å². The average molecular weight is 159 g/mol. The van der Waals surface area contributed by atoms with Crippen molar-refractivity contribution in [1.29, 1.82) is 0 Å². The number of aliphatic hydroxyl groups is 1. The number of hydrogen-bond acceptors (Lipinski definition) is 4. The highest BCUT2D eigenvalue weighted by Gasteiger charge is 2.10. The number of hydrogen-bond donors (Lipinski definition) is 2. The quantitative estimate of drug-likeness (QED) is 0.500. The minimum absolute atomic E-state index is 0.255. The summed E-state index contributed by atoms with van der Waals surface area (Å²) in [7, 11) is 0. The summed E-state index contributed by atoms with van der Waals surface area (Å²) in [6.07, 6.45) is 1.11. The van der Waals surface area contributed by atoms with Gasteiger partial charge in [-0.15, -0.1) is 0 Å². The lowest BCUT2D eigenvalue weighted by Crippen LogP contribution is -2.36. The first-order valence-electron chi connectivity index (χ1n) is 4.16. The molecule has 1 aliphatic rings. The van der Waals surface area contributed by atoms with Gasteiger partial charge < -0.3 is 5.11 Å². The van der Waals surface area contributed by atoms with Crippen molar-refractivity contribution in [3.8, 4) is 0 Å². The van der Waals surface area contributed by atoms with Crippen molar-refractivity contribution in [2.45, 2.75) is 6.42 Å². The second kappa shape index (κ2) is 4.66. The van der Waals surface area contributed by atoms with Gasteiger partial charge in [0.15, 0.2) is 0 Å². The molecule has 1 fully saturated rings. The molecule has 0 radical (unpaired) electrons. The van der Waals surface area contributed by atoms with Gasteiger partial charge in [0.1, 0.15) is 0 Å². The van der Waals surface area contributed by atoms with Crippen LogP contribution in [0.5, 0.6) is 0 Å². The highest BCUT2D eigenvalue weighted by Crippen LogP contribution is 1.97. The third kappa shape index (κ3) is 3.16. The molecule has 0 aromatic heterocycles. The van der Waals surface area contributed by atoms with Crippen molar-refractivity contribution in [2.24, 2.45) is 5.84 Å². The maximum Gasteiger partial charge on any atom is 0.0558 e. The van der Waals surface area contributed by atoms with Crippen molar-refractivity contribution in [3.63, 3.8) is 0 Å². The van der Waals surface area contributed by atoms with E-state index in [-0.39, 0.29) is 6.61 Å². The van der Waals surface area contributed by atoms with Gasteiger partial charge in [-0.1, -0.05) is 0 Å². The van der Waals surface area contributed by atoms with Crippen molar-refractivity contribution >= 4 is 0 Å². The van der Waals surface area contributed by atoms with Gasteiger partial charge >= 0.3 is 0 Å². The molecule has 4 nitrogen and oxygen atoms in total. The first-order valence-corrected chi connectivity index (χ1v) is 4.16. The van der Waals surface area contributed by atoms with E-state index in [0.717, 1.165) is 39.1 Å². The Bertz CT molecular complexity index is 110. The van der Waals surface area contributed by atoms with Crippen LogP contribution in [0, 0.1) is 0 Å². The predicted molar refractivity (Wildman–Crippen MR) is 43.9 cm³/mol. The summed E-state index contributed by atoms with van der Waals surface area (Å²) in [5, 5.41) is 10.5. The lowest BCUT2D eigenvalue weighted by molar-refractivity contribution is 0.197. The van der Waals surface area contributed by atoms with Gasteiger partial charge in [0.05, 0.1) is 6.61 Å². The van der Waals surface area contributed by atoms with Crippen LogP contribution in [0.25, 0.3) is 0 Å². The van der Waals surface area contributed by atoms with Crippen LogP contribution in [0.15, 0.2) is 0 Å². The van der Waals surface area contributed by atoms with E-state index in [4.69, 9.17) is 10.9 Å². The van der Waals surface area contributed by atoms with Crippen LogP contribution in [-0.2, 0) is 0 Å². The fourth-order valence-electron chi connectivity index (χ4n) is 1.36. The monoisotopic (exact) mass is 159 g/mol. The Hall–Kier alpha value is -0.160. The molecule has 0 saturated carbocycles. The Kier molecular flexibility index (Phi) is 3.79. The summed E-state index contributed by atoms with van der Waals surface area (Å²) in [5.74, 6) is 5.64. The van der Waals surface area contributed by atoms with Crippen molar-refractivity contribution < 1.29 is 5.11 Å². The van der Waals surface area contributed by atoms with E-state index in [2.05, 4.69) is 4.90 Å². The molecule has 1 rings (SSSR count). The van der Waals surface area contributed by atoms with Crippen LogP contribution in [0.2, 0.25) is 0 Å². The molecule has 0 unspecified atom stereocenters. The molecule has 3 N–H and O–H groups in total. The van der Waals surface area contributed by atoms with E-state index >= 15 is 0 Å². The Morgan fingerprint density at radius 1 is 1.18 bits per heavy atom. The maximum atomic E-state index is 8.69. The molecule has 1 aliphatic heterocycles. The molecule has 4 heteroatoms. The SMILES string of the molecule is NN1CCCN(CCO)CC1. The fourth-order valence-corrected chi connectivity index (χ4v) is 1.36. The van der Waals surface area contributed by atoms with Crippen molar-refractivity contribution in [1.82, 2.24) is 9.91 Å². The van der Waals surface area contributed by atoms with Crippen LogP contribution < -0.4 is 5.84 Å².